The molecule has 1 N–H and O–H groups in total. The molecular weight excluding hydrogens is 254 g/mol. The number of imidazole rings is 1. The van der Waals surface area contributed by atoms with Gasteiger partial charge in [0.15, 0.2) is 0 Å². The minimum atomic E-state index is 0.615. The zero-order valence-electron chi connectivity index (χ0n) is 11.2. The summed E-state index contributed by atoms with van der Waals surface area (Å²) < 4.78 is 2.48. The highest BCUT2D eigenvalue weighted by Gasteiger charge is 2.33. The second-order valence-electron chi connectivity index (χ2n) is 5.74. The number of para-hydroxylation sites is 2. The van der Waals surface area contributed by atoms with E-state index in [0.717, 1.165) is 5.52 Å². The van der Waals surface area contributed by atoms with Crippen LogP contribution >= 0.6 is 11.8 Å². The number of piperidine rings is 1. The molecule has 3 nitrogen and oxygen atoms in total. The number of hydrogen-bond donors (Lipinski definition) is 1. The van der Waals surface area contributed by atoms with Crippen LogP contribution < -0.4 is 5.32 Å². The van der Waals surface area contributed by atoms with Gasteiger partial charge >= 0.3 is 0 Å². The monoisotopic (exact) mass is 273 g/mol. The number of hydrogen-bond acceptors (Lipinski definition) is 3. The smallest absolute Gasteiger partial charge is 0.106 e. The Labute approximate surface area is 117 Å². The minimum absolute atomic E-state index is 0.615. The molecule has 0 amide bonds. The molecule has 2 bridgehead atoms. The predicted molar refractivity (Wildman–Crippen MR) is 80.8 cm³/mol. The van der Waals surface area contributed by atoms with Crippen LogP contribution in [0.25, 0.3) is 11.0 Å². The fourth-order valence-corrected chi connectivity index (χ4v) is 4.81. The van der Waals surface area contributed by atoms with Crippen LogP contribution in [0.4, 0.5) is 0 Å². The van der Waals surface area contributed by atoms with Crippen molar-refractivity contribution in [2.45, 2.75) is 37.9 Å². The first kappa shape index (κ1) is 11.8. The summed E-state index contributed by atoms with van der Waals surface area (Å²) in [7, 11) is 0. The Morgan fingerprint density at radius 2 is 1.95 bits per heavy atom. The molecule has 0 saturated carbocycles. The number of thioether (sulfide) groups is 1. The molecule has 2 saturated heterocycles. The first-order valence-corrected chi connectivity index (χ1v) is 8.24. The third-order valence-electron chi connectivity index (χ3n) is 4.36. The molecule has 2 unspecified atom stereocenters. The Hall–Kier alpha value is -1.00. The molecule has 0 aliphatic carbocycles. The van der Waals surface area contributed by atoms with Crippen molar-refractivity contribution in [3.63, 3.8) is 0 Å². The lowest BCUT2D eigenvalue weighted by atomic mass is 9.94. The van der Waals surface area contributed by atoms with Crippen molar-refractivity contribution in [2.24, 2.45) is 0 Å². The predicted octanol–water partition coefficient (Wildman–Crippen LogP) is 2.75. The fourth-order valence-electron chi connectivity index (χ4n) is 3.64. The van der Waals surface area contributed by atoms with Gasteiger partial charge in [0.2, 0.25) is 0 Å². The third-order valence-corrected chi connectivity index (χ3v) is 5.64. The van der Waals surface area contributed by atoms with Crippen LogP contribution in [0.5, 0.6) is 0 Å². The molecular formula is C15H19N3S. The average molecular weight is 273 g/mol. The molecule has 19 heavy (non-hydrogen) atoms. The zero-order chi connectivity index (χ0) is 12.8. The molecule has 2 aliphatic rings. The second kappa shape index (κ2) is 4.53. The van der Waals surface area contributed by atoms with Gasteiger partial charge in [-0.1, -0.05) is 12.1 Å². The standard InChI is InChI=1S/C15H19N3S/c1-10-16-14-4-2-3-5-15(14)18(10)13-6-11-8-19-9-12(7-13)17-11/h2-5,11-13,17H,6-9H2,1H3. The Morgan fingerprint density at radius 1 is 1.21 bits per heavy atom. The lowest BCUT2D eigenvalue weighted by Gasteiger charge is -2.40. The topological polar surface area (TPSA) is 29.9 Å². The summed E-state index contributed by atoms with van der Waals surface area (Å²) in [5, 5.41) is 3.76. The van der Waals surface area contributed by atoms with E-state index in [-0.39, 0.29) is 0 Å². The Bertz CT molecular complexity index is 594. The van der Waals surface area contributed by atoms with E-state index in [1.54, 1.807) is 0 Å². The van der Waals surface area contributed by atoms with E-state index in [0.29, 0.717) is 18.1 Å². The molecule has 0 radical (unpaired) electrons. The van der Waals surface area contributed by atoms with Crippen molar-refractivity contribution >= 4 is 22.8 Å². The van der Waals surface area contributed by atoms with Gasteiger partial charge in [-0.2, -0.15) is 11.8 Å². The van der Waals surface area contributed by atoms with Crippen LogP contribution in [0.1, 0.15) is 24.7 Å². The number of nitrogens with one attached hydrogen (secondary N) is 1. The van der Waals surface area contributed by atoms with Gasteiger partial charge in [0.1, 0.15) is 5.82 Å². The van der Waals surface area contributed by atoms with Gasteiger partial charge in [0, 0.05) is 29.6 Å². The summed E-state index contributed by atoms with van der Waals surface area (Å²) in [6, 6.07) is 10.5. The van der Waals surface area contributed by atoms with E-state index in [1.165, 1.54) is 35.7 Å². The van der Waals surface area contributed by atoms with Gasteiger partial charge < -0.3 is 9.88 Å². The van der Waals surface area contributed by atoms with Crippen LogP contribution in [-0.4, -0.2) is 33.1 Å². The molecule has 2 aliphatic heterocycles. The van der Waals surface area contributed by atoms with Gasteiger partial charge in [-0.3, -0.25) is 0 Å². The van der Waals surface area contributed by atoms with Crippen molar-refractivity contribution in [3.8, 4) is 0 Å². The maximum absolute atomic E-state index is 4.72. The Balaban J connectivity index is 1.75. The van der Waals surface area contributed by atoms with E-state index in [9.17, 15) is 0 Å². The highest BCUT2D eigenvalue weighted by atomic mass is 32.2. The number of fused-ring (bicyclic) bond motifs is 3. The van der Waals surface area contributed by atoms with Crippen molar-refractivity contribution < 1.29 is 0 Å². The number of rotatable bonds is 1. The molecule has 2 atom stereocenters. The molecule has 100 valence electrons. The maximum atomic E-state index is 4.72. The molecule has 1 aromatic carbocycles. The van der Waals surface area contributed by atoms with Crippen LogP contribution in [-0.2, 0) is 0 Å². The van der Waals surface area contributed by atoms with Crippen molar-refractivity contribution in [3.05, 3.63) is 30.1 Å². The number of aromatic nitrogens is 2. The lowest BCUT2D eigenvalue weighted by Crippen LogP contribution is -2.51. The van der Waals surface area contributed by atoms with E-state index < -0.39 is 0 Å². The normalized spacial score (nSPS) is 30.7. The molecule has 2 aromatic rings. The molecule has 4 rings (SSSR count). The van der Waals surface area contributed by atoms with Crippen LogP contribution in [0.15, 0.2) is 24.3 Å². The molecule has 2 fully saturated rings. The summed E-state index contributed by atoms with van der Waals surface area (Å²) >= 11 is 2.11. The van der Waals surface area contributed by atoms with Crippen molar-refractivity contribution in [2.75, 3.05) is 11.5 Å². The number of benzene rings is 1. The average Bonchev–Trinajstić information content (AvgIpc) is 2.74. The summed E-state index contributed by atoms with van der Waals surface area (Å²) in [5.41, 5.74) is 2.44. The van der Waals surface area contributed by atoms with Crippen LogP contribution in [0.2, 0.25) is 0 Å². The Morgan fingerprint density at radius 3 is 2.74 bits per heavy atom. The minimum Gasteiger partial charge on any atom is -0.325 e. The SMILES string of the molecule is Cc1nc2ccccc2n1C1CC2CSCC(C1)N2. The number of nitrogens with zero attached hydrogens (tertiary/aromatic N) is 2. The highest BCUT2D eigenvalue weighted by molar-refractivity contribution is 7.99. The largest absolute Gasteiger partial charge is 0.325 e. The first-order chi connectivity index (χ1) is 9.31. The van der Waals surface area contributed by atoms with Crippen molar-refractivity contribution in [1.29, 1.82) is 0 Å². The molecule has 0 spiro atoms. The summed E-state index contributed by atoms with van der Waals surface area (Å²) in [6.07, 6.45) is 2.48. The van der Waals surface area contributed by atoms with Gasteiger partial charge in [0.05, 0.1) is 11.0 Å². The maximum Gasteiger partial charge on any atom is 0.106 e. The van der Waals surface area contributed by atoms with E-state index >= 15 is 0 Å². The Kier molecular flexibility index (Phi) is 2.81. The van der Waals surface area contributed by atoms with E-state index in [1.807, 2.05) is 0 Å². The second-order valence-corrected chi connectivity index (χ2v) is 6.82. The third kappa shape index (κ3) is 1.98. The summed E-state index contributed by atoms with van der Waals surface area (Å²) in [5.74, 6) is 3.69. The number of aryl methyl sites for hydroxylation is 1. The zero-order valence-corrected chi connectivity index (χ0v) is 12.0. The summed E-state index contributed by atoms with van der Waals surface area (Å²) in [6.45, 7) is 2.15. The van der Waals surface area contributed by atoms with Gasteiger partial charge in [-0.15, -0.1) is 0 Å². The van der Waals surface area contributed by atoms with Crippen molar-refractivity contribution in [1.82, 2.24) is 14.9 Å². The van der Waals surface area contributed by atoms with Gasteiger partial charge in [0.25, 0.3) is 0 Å². The highest BCUT2D eigenvalue weighted by Crippen LogP contribution is 2.34. The van der Waals surface area contributed by atoms with E-state index in [4.69, 9.17) is 4.98 Å². The molecule has 1 aromatic heterocycles. The molecule has 3 heterocycles. The quantitative estimate of drug-likeness (QED) is 0.866. The molecule has 4 heteroatoms. The first-order valence-electron chi connectivity index (χ1n) is 7.08. The summed E-state index contributed by atoms with van der Waals surface area (Å²) in [4.78, 5) is 4.72. The van der Waals surface area contributed by atoms with Crippen LogP contribution in [0, 0.1) is 6.92 Å². The van der Waals surface area contributed by atoms with Gasteiger partial charge in [-0.25, -0.2) is 4.98 Å². The van der Waals surface area contributed by atoms with Gasteiger partial charge in [-0.05, 0) is 31.9 Å². The van der Waals surface area contributed by atoms with E-state index in [2.05, 4.69) is 52.8 Å². The lowest BCUT2D eigenvalue weighted by molar-refractivity contribution is 0.263. The van der Waals surface area contributed by atoms with Crippen LogP contribution in [0.3, 0.4) is 0 Å². The fraction of sp³-hybridized carbons (Fsp3) is 0.533.